The zero-order valence-corrected chi connectivity index (χ0v) is 13.1. The maximum atomic E-state index is 11.0. The number of benzene rings is 1. The van der Waals surface area contributed by atoms with Crippen molar-refractivity contribution in [3.8, 4) is 10.6 Å². The van der Waals surface area contributed by atoms with Gasteiger partial charge in [-0.3, -0.25) is 4.79 Å². The molecule has 2 heterocycles. The van der Waals surface area contributed by atoms with Crippen molar-refractivity contribution in [1.82, 2.24) is 10.2 Å². The Morgan fingerprint density at radius 1 is 1.29 bits per heavy atom. The molecule has 1 aliphatic rings. The highest BCUT2D eigenvalue weighted by molar-refractivity contribution is 7.18. The third kappa shape index (κ3) is 3.12. The van der Waals surface area contributed by atoms with Gasteiger partial charge in [0.15, 0.2) is 0 Å². The lowest BCUT2D eigenvalue weighted by atomic mass is 10.1. The Morgan fingerprint density at radius 2 is 2.00 bits per heavy atom. The molecule has 1 aromatic carbocycles. The molecule has 0 bridgehead atoms. The number of hydrogen-bond donors (Lipinski definition) is 1. The summed E-state index contributed by atoms with van der Waals surface area (Å²) in [6, 6.07) is 5.22. The number of carboxylic acids is 1. The molecule has 0 aliphatic carbocycles. The molecule has 8 heteroatoms. The standard InChI is InChI=1S/C13H11Cl2N3O2S/c14-9-3-8(4-10(15)5-9)11-16-17-13(21-11)18-2-1-7(6-18)12(19)20/h3-5,7H,1-2,6H2,(H,19,20). The Kier molecular flexibility index (Phi) is 4.01. The minimum atomic E-state index is -0.760. The monoisotopic (exact) mass is 343 g/mol. The number of hydrogen-bond acceptors (Lipinski definition) is 5. The van der Waals surface area contributed by atoms with E-state index in [2.05, 4.69) is 10.2 Å². The summed E-state index contributed by atoms with van der Waals surface area (Å²) < 4.78 is 0. The van der Waals surface area contributed by atoms with Crippen LogP contribution in [0.3, 0.4) is 0 Å². The number of aromatic nitrogens is 2. The number of carboxylic acid groups (broad SMARTS) is 1. The van der Waals surface area contributed by atoms with Crippen LogP contribution in [0, 0.1) is 5.92 Å². The maximum Gasteiger partial charge on any atom is 0.308 e. The van der Waals surface area contributed by atoms with Crippen LogP contribution in [-0.4, -0.2) is 34.4 Å². The largest absolute Gasteiger partial charge is 0.481 e. The molecule has 1 saturated heterocycles. The molecule has 1 aromatic heterocycles. The molecule has 0 radical (unpaired) electrons. The van der Waals surface area contributed by atoms with Gasteiger partial charge in [0.1, 0.15) is 5.01 Å². The van der Waals surface area contributed by atoms with Gasteiger partial charge < -0.3 is 10.0 Å². The first kappa shape index (κ1) is 14.6. The topological polar surface area (TPSA) is 66.3 Å². The van der Waals surface area contributed by atoms with E-state index < -0.39 is 5.97 Å². The van der Waals surface area contributed by atoms with Crippen LogP contribution >= 0.6 is 34.5 Å². The fraction of sp³-hybridized carbons (Fsp3) is 0.308. The average Bonchev–Trinajstić information content (AvgIpc) is 3.07. The predicted molar refractivity (Wildman–Crippen MR) is 83.3 cm³/mol. The summed E-state index contributed by atoms with van der Waals surface area (Å²) in [5, 5.41) is 19.9. The van der Waals surface area contributed by atoms with E-state index in [0.717, 1.165) is 10.7 Å². The fourth-order valence-corrected chi connectivity index (χ4v) is 3.67. The van der Waals surface area contributed by atoms with Crippen LogP contribution in [0.2, 0.25) is 10.0 Å². The zero-order valence-electron chi connectivity index (χ0n) is 10.8. The average molecular weight is 344 g/mol. The van der Waals surface area contributed by atoms with Crippen LogP contribution in [0.5, 0.6) is 0 Å². The summed E-state index contributed by atoms with van der Waals surface area (Å²) in [7, 11) is 0. The molecule has 1 fully saturated rings. The van der Waals surface area contributed by atoms with Crippen LogP contribution in [-0.2, 0) is 4.79 Å². The minimum Gasteiger partial charge on any atom is -0.481 e. The Bertz CT molecular complexity index is 672. The number of aliphatic carboxylic acids is 1. The molecule has 3 rings (SSSR count). The number of rotatable bonds is 3. The van der Waals surface area contributed by atoms with E-state index >= 15 is 0 Å². The van der Waals surface area contributed by atoms with E-state index in [1.807, 2.05) is 4.90 Å². The van der Waals surface area contributed by atoms with Gasteiger partial charge in [0.2, 0.25) is 5.13 Å². The Labute approximate surface area is 135 Å². The van der Waals surface area contributed by atoms with E-state index in [1.165, 1.54) is 11.3 Å². The normalized spacial score (nSPS) is 18.2. The highest BCUT2D eigenvalue weighted by Gasteiger charge is 2.29. The third-order valence-corrected chi connectivity index (χ3v) is 4.80. The smallest absolute Gasteiger partial charge is 0.308 e. The lowest BCUT2D eigenvalue weighted by Crippen LogP contribution is -2.22. The molecular weight excluding hydrogens is 333 g/mol. The van der Waals surface area contributed by atoms with Crippen molar-refractivity contribution in [1.29, 1.82) is 0 Å². The number of carbonyl (C=O) groups is 1. The lowest BCUT2D eigenvalue weighted by molar-refractivity contribution is -0.140. The summed E-state index contributed by atoms with van der Waals surface area (Å²) in [5.74, 6) is -1.10. The minimum absolute atomic E-state index is 0.335. The summed E-state index contributed by atoms with van der Waals surface area (Å²) >= 11 is 13.4. The number of halogens is 2. The van der Waals surface area contributed by atoms with E-state index in [9.17, 15) is 4.79 Å². The summed E-state index contributed by atoms with van der Waals surface area (Å²) in [6.45, 7) is 1.15. The molecule has 1 N–H and O–H groups in total. The first-order chi connectivity index (χ1) is 10.0. The highest BCUT2D eigenvalue weighted by Crippen LogP contribution is 2.34. The van der Waals surface area contributed by atoms with Crippen molar-refractivity contribution in [2.75, 3.05) is 18.0 Å². The van der Waals surface area contributed by atoms with Crippen molar-refractivity contribution in [3.05, 3.63) is 28.2 Å². The first-order valence-electron chi connectivity index (χ1n) is 6.30. The summed E-state index contributed by atoms with van der Waals surface area (Å²) in [5.41, 5.74) is 0.810. The van der Waals surface area contributed by atoms with Gasteiger partial charge in [-0.05, 0) is 24.6 Å². The summed E-state index contributed by atoms with van der Waals surface area (Å²) in [4.78, 5) is 12.9. The molecule has 21 heavy (non-hydrogen) atoms. The van der Waals surface area contributed by atoms with Gasteiger partial charge in [-0.2, -0.15) is 0 Å². The maximum absolute atomic E-state index is 11.0. The highest BCUT2D eigenvalue weighted by atomic mass is 35.5. The zero-order chi connectivity index (χ0) is 15.0. The molecule has 1 aliphatic heterocycles. The fourth-order valence-electron chi connectivity index (χ4n) is 2.27. The Balaban J connectivity index is 1.82. The molecule has 0 spiro atoms. The van der Waals surface area contributed by atoms with Gasteiger partial charge in [-0.15, -0.1) is 10.2 Å². The molecular formula is C13H11Cl2N3O2S. The summed E-state index contributed by atoms with van der Waals surface area (Å²) in [6.07, 6.45) is 0.632. The van der Waals surface area contributed by atoms with Crippen molar-refractivity contribution < 1.29 is 9.90 Å². The second-order valence-electron chi connectivity index (χ2n) is 4.82. The van der Waals surface area contributed by atoms with Gasteiger partial charge in [0.25, 0.3) is 0 Å². The van der Waals surface area contributed by atoms with Gasteiger partial charge in [0.05, 0.1) is 5.92 Å². The molecule has 110 valence electrons. The van der Waals surface area contributed by atoms with Crippen LogP contribution in [0.25, 0.3) is 10.6 Å². The predicted octanol–water partition coefficient (Wildman–Crippen LogP) is 3.42. The Hall–Kier alpha value is -1.37. The first-order valence-corrected chi connectivity index (χ1v) is 7.88. The van der Waals surface area contributed by atoms with Crippen molar-refractivity contribution in [2.24, 2.45) is 5.92 Å². The molecule has 5 nitrogen and oxygen atoms in total. The van der Waals surface area contributed by atoms with Crippen molar-refractivity contribution in [3.63, 3.8) is 0 Å². The van der Waals surface area contributed by atoms with E-state index in [-0.39, 0.29) is 5.92 Å². The quantitative estimate of drug-likeness (QED) is 0.924. The van der Waals surface area contributed by atoms with Gasteiger partial charge in [-0.1, -0.05) is 34.5 Å². The molecule has 0 amide bonds. The van der Waals surface area contributed by atoms with Crippen LogP contribution in [0.1, 0.15) is 6.42 Å². The lowest BCUT2D eigenvalue weighted by Gasteiger charge is -2.12. The molecule has 1 unspecified atom stereocenters. The van der Waals surface area contributed by atoms with Crippen LogP contribution in [0.15, 0.2) is 18.2 Å². The van der Waals surface area contributed by atoms with Gasteiger partial charge >= 0.3 is 5.97 Å². The van der Waals surface area contributed by atoms with Gasteiger partial charge in [-0.25, -0.2) is 0 Å². The second-order valence-corrected chi connectivity index (χ2v) is 6.65. The van der Waals surface area contributed by atoms with Crippen molar-refractivity contribution in [2.45, 2.75) is 6.42 Å². The van der Waals surface area contributed by atoms with Gasteiger partial charge in [0, 0.05) is 28.7 Å². The van der Waals surface area contributed by atoms with E-state index in [4.69, 9.17) is 28.3 Å². The van der Waals surface area contributed by atoms with E-state index in [1.54, 1.807) is 18.2 Å². The van der Waals surface area contributed by atoms with Crippen molar-refractivity contribution >= 4 is 45.6 Å². The molecule has 0 saturated carbocycles. The number of anilines is 1. The molecule has 1 atom stereocenters. The number of nitrogens with zero attached hydrogens (tertiary/aromatic N) is 3. The second kappa shape index (κ2) is 5.79. The third-order valence-electron chi connectivity index (χ3n) is 3.33. The van der Waals surface area contributed by atoms with Crippen LogP contribution < -0.4 is 4.90 Å². The Morgan fingerprint density at radius 3 is 2.62 bits per heavy atom. The molecule has 2 aromatic rings. The SMILES string of the molecule is O=C(O)C1CCN(c2nnc(-c3cc(Cl)cc(Cl)c3)s2)C1. The van der Waals surface area contributed by atoms with E-state index in [0.29, 0.717) is 34.6 Å². The van der Waals surface area contributed by atoms with Crippen LogP contribution in [0.4, 0.5) is 5.13 Å².